The van der Waals surface area contributed by atoms with E-state index in [9.17, 15) is 15.3 Å². The summed E-state index contributed by atoms with van der Waals surface area (Å²) in [7, 11) is 0. The smallest absolute Gasteiger partial charge is 0.200 e. The maximum Gasteiger partial charge on any atom is 0.200 e. The Morgan fingerprint density at radius 3 is 1.97 bits per heavy atom. The number of likely N-dealkylation sites (N-methyl/N-ethyl adjacent to an activating group) is 1. The molecule has 0 spiro atoms. The van der Waals surface area contributed by atoms with E-state index < -0.39 is 22.6 Å². The second-order valence-corrected chi connectivity index (χ2v) is 8.11. The van der Waals surface area contributed by atoms with Crippen molar-refractivity contribution in [2.75, 3.05) is 26.2 Å². The summed E-state index contributed by atoms with van der Waals surface area (Å²) in [5.41, 5.74) is 2.40. The minimum Gasteiger partial charge on any atom is -0.504 e. The number of alkyl halides is 1. The second-order valence-electron chi connectivity index (χ2n) is 7.64. The van der Waals surface area contributed by atoms with Gasteiger partial charge in [0, 0.05) is 12.5 Å². The van der Waals surface area contributed by atoms with E-state index in [0.717, 1.165) is 36.5 Å². The highest BCUT2D eigenvalue weighted by atomic mass is 35.5. The van der Waals surface area contributed by atoms with Crippen LogP contribution in [0.4, 0.5) is 0 Å². The molecule has 6 heteroatoms. The summed E-state index contributed by atoms with van der Waals surface area (Å²) in [4.78, 5) is 2.30. The van der Waals surface area contributed by atoms with Gasteiger partial charge in [0.15, 0.2) is 17.2 Å². The van der Waals surface area contributed by atoms with Crippen LogP contribution in [0, 0.1) is 0 Å². The molecule has 0 radical (unpaired) electrons. The molecule has 0 saturated heterocycles. The molecule has 3 N–H and O–H groups in total. The van der Waals surface area contributed by atoms with Crippen LogP contribution < -0.4 is 4.74 Å². The Bertz CT molecular complexity index is 967. The number of rotatable bonds is 10. The van der Waals surface area contributed by atoms with Gasteiger partial charge in [0.05, 0.1) is 5.38 Å². The van der Waals surface area contributed by atoms with Crippen LogP contribution in [0.25, 0.3) is 0 Å². The Hall–Kier alpha value is -2.89. The lowest BCUT2D eigenvalue weighted by molar-refractivity contribution is 0.223. The van der Waals surface area contributed by atoms with Crippen LogP contribution >= 0.6 is 11.6 Å². The third kappa shape index (κ3) is 5.67. The van der Waals surface area contributed by atoms with E-state index in [2.05, 4.69) is 18.7 Å². The number of phenolic OH excluding ortho intramolecular Hbond substituents is 3. The van der Waals surface area contributed by atoms with Gasteiger partial charge in [0.1, 0.15) is 12.4 Å². The predicted molar refractivity (Wildman–Crippen MR) is 128 cm³/mol. The first-order valence-electron chi connectivity index (χ1n) is 10.8. The molecule has 0 aliphatic heterocycles. The van der Waals surface area contributed by atoms with Crippen molar-refractivity contribution in [2.45, 2.75) is 25.1 Å². The normalized spacial score (nSPS) is 13.1. The van der Waals surface area contributed by atoms with E-state index in [0.29, 0.717) is 12.2 Å². The SMILES string of the molecule is CCN(CC)CCOc1ccc(C(c2cc(O)c(O)c(O)c2)C(Cl)c2ccccc2)cc1. The van der Waals surface area contributed by atoms with Crippen molar-refractivity contribution in [2.24, 2.45) is 0 Å². The van der Waals surface area contributed by atoms with Crippen LogP contribution in [-0.2, 0) is 0 Å². The molecule has 3 aromatic rings. The van der Waals surface area contributed by atoms with Gasteiger partial charge >= 0.3 is 0 Å². The van der Waals surface area contributed by atoms with Crippen molar-refractivity contribution in [1.29, 1.82) is 0 Å². The Kier molecular flexibility index (Phi) is 8.26. The van der Waals surface area contributed by atoms with Crippen molar-refractivity contribution < 1.29 is 20.1 Å². The van der Waals surface area contributed by atoms with Crippen LogP contribution in [0.2, 0.25) is 0 Å². The van der Waals surface area contributed by atoms with E-state index in [1.165, 1.54) is 12.1 Å². The van der Waals surface area contributed by atoms with Crippen molar-refractivity contribution in [1.82, 2.24) is 4.90 Å². The van der Waals surface area contributed by atoms with Gasteiger partial charge in [-0.1, -0.05) is 56.3 Å². The molecule has 0 bridgehead atoms. The standard InChI is InChI=1S/C26H30ClNO4/c1-3-28(4-2)14-15-32-21-12-10-18(11-13-21)24(25(27)19-8-6-5-7-9-19)20-16-22(29)26(31)23(30)17-20/h5-13,16-17,24-25,29-31H,3-4,14-15H2,1-2H3. The summed E-state index contributed by atoms with van der Waals surface area (Å²) in [6.45, 7) is 7.71. The fourth-order valence-electron chi connectivity index (χ4n) is 3.77. The van der Waals surface area contributed by atoms with Gasteiger partial charge in [0.2, 0.25) is 0 Å². The molecule has 0 aromatic heterocycles. The quantitative estimate of drug-likeness (QED) is 0.272. The van der Waals surface area contributed by atoms with E-state index in [1.807, 2.05) is 54.6 Å². The summed E-state index contributed by atoms with van der Waals surface area (Å²) >= 11 is 6.91. The fraction of sp³-hybridized carbons (Fsp3) is 0.308. The van der Waals surface area contributed by atoms with Crippen LogP contribution in [-0.4, -0.2) is 46.5 Å². The van der Waals surface area contributed by atoms with Gasteiger partial charge in [-0.3, -0.25) is 0 Å². The van der Waals surface area contributed by atoms with E-state index in [1.54, 1.807) is 0 Å². The second kappa shape index (κ2) is 11.1. The third-order valence-electron chi connectivity index (χ3n) is 5.67. The first kappa shape index (κ1) is 23.8. The van der Waals surface area contributed by atoms with E-state index >= 15 is 0 Å². The predicted octanol–water partition coefficient (Wildman–Crippen LogP) is 5.64. The molecule has 2 atom stereocenters. The first-order valence-corrected chi connectivity index (χ1v) is 11.3. The molecule has 0 fully saturated rings. The molecule has 32 heavy (non-hydrogen) atoms. The van der Waals surface area contributed by atoms with Gasteiger partial charge in [-0.15, -0.1) is 11.6 Å². The Morgan fingerprint density at radius 2 is 1.41 bits per heavy atom. The number of phenols is 3. The summed E-state index contributed by atoms with van der Waals surface area (Å²) in [6, 6.07) is 20.2. The number of halogens is 1. The zero-order valence-corrected chi connectivity index (χ0v) is 19.2. The molecule has 3 rings (SSSR count). The highest BCUT2D eigenvalue weighted by Gasteiger charge is 2.27. The average molecular weight is 456 g/mol. The molecule has 3 aromatic carbocycles. The number of nitrogens with zero attached hydrogens (tertiary/aromatic N) is 1. The van der Waals surface area contributed by atoms with Crippen LogP contribution in [0.5, 0.6) is 23.0 Å². The molecule has 0 aliphatic rings. The summed E-state index contributed by atoms with van der Waals surface area (Å²) < 4.78 is 5.89. The number of ether oxygens (including phenoxy) is 1. The van der Waals surface area contributed by atoms with Crippen molar-refractivity contribution >= 4 is 11.6 Å². The fourth-order valence-corrected chi connectivity index (χ4v) is 4.20. The molecule has 0 aliphatic carbocycles. The number of benzene rings is 3. The third-order valence-corrected chi connectivity index (χ3v) is 6.18. The minimum absolute atomic E-state index is 0.374. The Balaban J connectivity index is 1.88. The monoisotopic (exact) mass is 455 g/mol. The first-order chi connectivity index (χ1) is 15.4. The van der Waals surface area contributed by atoms with Gasteiger partial charge < -0.3 is 25.0 Å². The largest absolute Gasteiger partial charge is 0.504 e. The van der Waals surface area contributed by atoms with Gasteiger partial charge in [-0.2, -0.15) is 0 Å². The molecular weight excluding hydrogens is 426 g/mol. The highest BCUT2D eigenvalue weighted by molar-refractivity contribution is 6.21. The van der Waals surface area contributed by atoms with Gasteiger partial charge in [-0.05, 0) is 54.0 Å². The molecule has 0 saturated carbocycles. The molecule has 5 nitrogen and oxygen atoms in total. The summed E-state index contributed by atoms with van der Waals surface area (Å²) in [5, 5.41) is 29.5. The van der Waals surface area contributed by atoms with Crippen molar-refractivity contribution in [3.8, 4) is 23.0 Å². The minimum atomic E-state index is -0.546. The average Bonchev–Trinajstić information content (AvgIpc) is 2.82. The van der Waals surface area contributed by atoms with Gasteiger partial charge in [0.25, 0.3) is 0 Å². The highest BCUT2D eigenvalue weighted by Crippen LogP contribution is 2.46. The summed E-state index contributed by atoms with van der Waals surface area (Å²) in [5.74, 6) is -0.935. The molecule has 0 amide bonds. The molecular formula is C26H30ClNO4. The zero-order chi connectivity index (χ0) is 23.1. The topological polar surface area (TPSA) is 73.2 Å². The Morgan fingerprint density at radius 1 is 0.812 bits per heavy atom. The van der Waals surface area contributed by atoms with Crippen LogP contribution in [0.3, 0.4) is 0 Å². The number of hydrogen-bond donors (Lipinski definition) is 3. The maximum atomic E-state index is 10.1. The lowest BCUT2D eigenvalue weighted by Gasteiger charge is -2.25. The van der Waals surface area contributed by atoms with Crippen LogP contribution in [0.1, 0.15) is 41.8 Å². The molecule has 170 valence electrons. The maximum absolute atomic E-state index is 10.1. The number of aromatic hydroxyl groups is 3. The Labute approximate surface area is 194 Å². The zero-order valence-electron chi connectivity index (χ0n) is 18.4. The molecule has 0 heterocycles. The lowest BCUT2D eigenvalue weighted by Crippen LogP contribution is -2.27. The lowest BCUT2D eigenvalue weighted by atomic mass is 9.85. The van der Waals surface area contributed by atoms with E-state index in [4.69, 9.17) is 16.3 Å². The van der Waals surface area contributed by atoms with Crippen LogP contribution in [0.15, 0.2) is 66.7 Å². The van der Waals surface area contributed by atoms with Gasteiger partial charge in [-0.25, -0.2) is 0 Å². The number of hydrogen-bond acceptors (Lipinski definition) is 5. The molecule has 2 unspecified atom stereocenters. The van der Waals surface area contributed by atoms with E-state index in [-0.39, 0.29) is 5.92 Å². The van der Waals surface area contributed by atoms with Crippen molar-refractivity contribution in [3.05, 3.63) is 83.4 Å². The van der Waals surface area contributed by atoms with Crippen molar-refractivity contribution in [3.63, 3.8) is 0 Å². The summed E-state index contributed by atoms with van der Waals surface area (Å²) in [6.07, 6.45) is 0.